The highest BCUT2D eigenvalue weighted by Crippen LogP contribution is 2.17. The van der Waals surface area contributed by atoms with Gasteiger partial charge in [0.2, 0.25) is 11.8 Å². The number of aryl methyl sites for hydroxylation is 2. The smallest absolute Gasteiger partial charge is 0.242 e. The average molecular weight is 352 g/mol. The molecule has 2 amide bonds. The third kappa shape index (κ3) is 4.94. The molecule has 0 saturated heterocycles. The van der Waals surface area contributed by atoms with Crippen LogP contribution in [0.4, 0.5) is 0 Å². The number of likely N-dealkylation sites (N-methyl/N-ethyl adjacent to an activating group) is 1. The largest absolute Gasteiger partial charge is 0.357 e. The summed E-state index contributed by atoms with van der Waals surface area (Å²) < 4.78 is 0. The van der Waals surface area contributed by atoms with Gasteiger partial charge in [0.1, 0.15) is 6.04 Å². The molecule has 1 N–H and O–H groups in total. The lowest BCUT2D eigenvalue weighted by Crippen LogP contribution is -2.48. The van der Waals surface area contributed by atoms with Crippen LogP contribution in [0.3, 0.4) is 0 Å². The van der Waals surface area contributed by atoms with Gasteiger partial charge < -0.3 is 10.2 Å². The minimum atomic E-state index is -0.474. The van der Waals surface area contributed by atoms with Crippen LogP contribution in [0.5, 0.6) is 0 Å². The van der Waals surface area contributed by atoms with Crippen molar-refractivity contribution in [2.75, 3.05) is 7.05 Å². The molecule has 0 heterocycles. The van der Waals surface area contributed by atoms with E-state index in [9.17, 15) is 9.59 Å². The first-order chi connectivity index (χ1) is 12.5. The Morgan fingerprint density at radius 2 is 1.77 bits per heavy atom. The summed E-state index contributed by atoms with van der Waals surface area (Å²) in [4.78, 5) is 27.2. The van der Waals surface area contributed by atoms with E-state index in [1.54, 1.807) is 11.9 Å². The van der Waals surface area contributed by atoms with Crippen molar-refractivity contribution in [2.45, 2.75) is 46.2 Å². The zero-order valence-corrected chi connectivity index (χ0v) is 16.1. The number of rotatable bonds is 7. The summed E-state index contributed by atoms with van der Waals surface area (Å²) in [5.41, 5.74) is 4.26. The van der Waals surface area contributed by atoms with Gasteiger partial charge in [-0.15, -0.1) is 0 Å². The average Bonchev–Trinajstić information content (AvgIpc) is 2.65. The lowest BCUT2D eigenvalue weighted by atomic mass is 10.0. The molecule has 0 radical (unpaired) electrons. The molecular formula is C22H28N2O2. The summed E-state index contributed by atoms with van der Waals surface area (Å²) in [6.45, 7) is 6.40. The van der Waals surface area contributed by atoms with Gasteiger partial charge in [-0.1, -0.05) is 61.0 Å². The molecule has 0 aliphatic heterocycles. The Hall–Kier alpha value is -2.62. The summed E-state index contributed by atoms with van der Waals surface area (Å²) >= 11 is 0. The Bertz CT molecular complexity index is 756. The van der Waals surface area contributed by atoms with Gasteiger partial charge in [-0.25, -0.2) is 0 Å². The number of nitrogens with zero attached hydrogens (tertiary/aromatic N) is 1. The molecule has 4 heteroatoms. The number of benzene rings is 2. The molecular weight excluding hydrogens is 324 g/mol. The van der Waals surface area contributed by atoms with Crippen LogP contribution in [-0.2, 0) is 22.6 Å². The van der Waals surface area contributed by atoms with Crippen LogP contribution < -0.4 is 5.32 Å². The van der Waals surface area contributed by atoms with Crippen LogP contribution in [0, 0.1) is 13.8 Å². The van der Waals surface area contributed by atoms with Crippen molar-refractivity contribution in [1.29, 1.82) is 0 Å². The topological polar surface area (TPSA) is 49.4 Å². The van der Waals surface area contributed by atoms with Crippen molar-refractivity contribution < 1.29 is 9.59 Å². The van der Waals surface area contributed by atoms with Gasteiger partial charge in [0.15, 0.2) is 0 Å². The highest BCUT2D eigenvalue weighted by molar-refractivity contribution is 5.88. The molecule has 0 aliphatic rings. The number of amides is 2. The lowest BCUT2D eigenvalue weighted by Gasteiger charge is -2.30. The third-order valence-corrected chi connectivity index (χ3v) is 4.67. The normalized spacial score (nSPS) is 11.7. The van der Waals surface area contributed by atoms with Crippen molar-refractivity contribution in [1.82, 2.24) is 10.2 Å². The fourth-order valence-corrected chi connectivity index (χ4v) is 3.12. The van der Waals surface area contributed by atoms with Crippen molar-refractivity contribution in [3.63, 3.8) is 0 Å². The van der Waals surface area contributed by atoms with Crippen LogP contribution in [-0.4, -0.2) is 29.8 Å². The van der Waals surface area contributed by atoms with Crippen LogP contribution in [0.15, 0.2) is 48.5 Å². The molecule has 0 aliphatic carbocycles. The molecule has 4 nitrogen and oxygen atoms in total. The second-order valence-corrected chi connectivity index (χ2v) is 6.65. The van der Waals surface area contributed by atoms with Gasteiger partial charge in [-0.05, 0) is 37.0 Å². The zero-order chi connectivity index (χ0) is 19.1. The van der Waals surface area contributed by atoms with E-state index in [2.05, 4.69) is 11.4 Å². The molecule has 0 bridgehead atoms. The second-order valence-electron chi connectivity index (χ2n) is 6.65. The van der Waals surface area contributed by atoms with Crippen LogP contribution in [0.1, 0.15) is 35.6 Å². The third-order valence-electron chi connectivity index (χ3n) is 4.67. The Morgan fingerprint density at radius 3 is 2.38 bits per heavy atom. The maximum Gasteiger partial charge on any atom is 0.242 e. The zero-order valence-electron chi connectivity index (χ0n) is 16.1. The molecule has 1 unspecified atom stereocenters. The van der Waals surface area contributed by atoms with E-state index < -0.39 is 6.04 Å². The Balaban J connectivity index is 2.30. The first kappa shape index (κ1) is 19.7. The first-order valence-corrected chi connectivity index (χ1v) is 9.07. The molecule has 26 heavy (non-hydrogen) atoms. The van der Waals surface area contributed by atoms with E-state index in [1.807, 2.05) is 63.2 Å². The molecule has 0 saturated carbocycles. The SMILES string of the molecule is CCC(C(=O)NC)N(Cc1ccccc1)C(=O)Cc1cc(C)ccc1C. The van der Waals surface area contributed by atoms with Crippen LogP contribution in [0.2, 0.25) is 0 Å². The van der Waals surface area contributed by atoms with E-state index in [4.69, 9.17) is 0 Å². The molecule has 0 aromatic heterocycles. The predicted octanol–water partition coefficient (Wildman–Crippen LogP) is 3.40. The summed E-state index contributed by atoms with van der Waals surface area (Å²) in [6.07, 6.45) is 0.874. The molecule has 0 spiro atoms. The van der Waals surface area contributed by atoms with Gasteiger partial charge in [-0.3, -0.25) is 9.59 Å². The number of nitrogens with one attached hydrogen (secondary N) is 1. The van der Waals surface area contributed by atoms with Gasteiger partial charge in [0, 0.05) is 13.6 Å². The van der Waals surface area contributed by atoms with Gasteiger partial charge >= 0.3 is 0 Å². The number of carbonyl (C=O) groups is 2. The molecule has 138 valence electrons. The number of hydrogen-bond acceptors (Lipinski definition) is 2. The first-order valence-electron chi connectivity index (χ1n) is 9.07. The molecule has 0 fully saturated rings. The fourth-order valence-electron chi connectivity index (χ4n) is 3.12. The van der Waals surface area contributed by atoms with E-state index >= 15 is 0 Å². The van der Waals surface area contributed by atoms with Gasteiger partial charge in [0.25, 0.3) is 0 Å². The fraction of sp³-hybridized carbons (Fsp3) is 0.364. The quantitative estimate of drug-likeness (QED) is 0.830. The molecule has 1 atom stereocenters. The summed E-state index contributed by atoms with van der Waals surface area (Å²) in [5, 5.41) is 2.69. The summed E-state index contributed by atoms with van der Waals surface area (Å²) in [7, 11) is 1.61. The van der Waals surface area contributed by atoms with Crippen molar-refractivity contribution in [2.24, 2.45) is 0 Å². The van der Waals surface area contributed by atoms with Crippen molar-refractivity contribution in [3.05, 3.63) is 70.8 Å². The Kier molecular flexibility index (Phi) is 6.96. The van der Waals surface area contributed by atoms with Gasteiger partial charge in [-0.2, -0.15) is 0 Å². The van der Waals surface area contributed by atoms with Gasteiger partial charge in [0.05, 0.1) is 6.42 Å². The summed E-state index contributed by atoms with van der Waals surface area (Å²) in [5.74, 6) is -0.157. The standard InChI is InChI=1S/C22H28N2O2/c1-5-20(22(26)23-4)24(15-18-9-7-6-8-10-18)21(25)14-19-13-16(2)11-12-17(19)3/h6-13,20H,5,14-15H2,1-4H3,(H,23,26). The molecule has 2 rings (SSSR count). The van der Waals surface area contributed by atoms with E-state index in [0.29, 0.717) is 19.4 Å². The lowest BCUT2D eigenvalue weighted by molar-refractivity contribution is -0.140. The summed E-state index contributed by atoms with van der Waals surface area (Å²) in [6, 6.07) is 15.5. The monoisotopic (exact) mass is 352 g/mol. The van der Waals surface area contributed by atoms with E-state index in [0.717, 1.165) is 22.3 Å². The maximum atomic E-state index is 13.1. The van der Waals surface area contributed by atoms with Crippen LogP contribution >= 0.6 is 0 Å². The Labute approximate surface area is 156 Å². The highest BCUT2D eigenvalue weighted by Gasteiger charge is 2.28. The van der Waals surface area contributed by atoms with E-state index in [1.165, 1.54) is 0 Å². The minimum Gasteiger partial charge on any atom is -0.357 e. The predicted molar refractivity (Wildman–Crippen MR) is 105 cm³/mol. The van der Waals surface area contributed by atoms with E-state index in [-0.39, 0.29) is 11.8 Å². The highest BCUT2D eigenvalue weighted by atomic mass is 16.2. The number of hydrogen-bond donors (Lipinski definition) is 1. The Morgan fingerprint density at radius 1 is 1.08 bits per heavy atom. The maximum absolute atomic E-state index is 13.1. The second kappa shape index (κ2) is 9.18. The van der Waals surface area contributed by atoms with Crippen molar-refractivity contribution in [3.8, 4) is 0 Å². The van der Waals surface area contributed by atoms with Crippen molar-refractivity contribution >= 4 is 11.8 Å². The minimum absolute atomic E-state index is 0.0296. The molecule has 2 aromatic rings. The van der Waals surface area contributed by atoms with Crippen LogP contribution in [0.25, 0.3) is 0 Å². The number of carbonyl (C=O) groups excluding carboxylic acids is 2. The molecule has 2 aromatic carbocycles.